The number of benzene rings is 3. The number of Topliss-reactive ketones (excluding diaryl/α,β-unsaturated/α-hetero) is 1. The molecule has 3 aromatic carbocycles. The van der Waals surface area contributed by atoms with Crippen LogP contribution in [0.15, 0.2) is 72.8 Å². The number of fused-ring (bicyclic) bond motifs is 1. The number of anilines is 5. The van der Waals surface area contributed by atoms with Crippen LogP contribution < -0.4 is 20.4 Å². The minimum absolute atomic E-state index is 0.00379. The molecule has 2 amide bonds. The van der Waals surface area contributed by atoms with E-state index in [0.29, 0.717) is 56.6 Å². The fourth-order valence-corrected chi connectivity index (χ4v) is 5.25. The maximum absolute atomic E-state index is 12.9. The Morgan fingerprint density at radius 2 is 1.49 bits per heavy atom. The van der Waals surface area contributed by atoms with Gasteiger partial charge in [-0.2, -0.15) is 4.98 Å². The summed E-state index contributed by atoms with van der Waals surface area (Å²) in [7, 11) is 0. The third kappa shape index (κ3) is 5.92. The molecule has 3 heterocycles. The van der Waals surface area contributed by atoms with Gasteiger partial charge in [-0.1, -0.05) is 24.3 Å². The summed E-state index contributed by atoms with van der Waals surface area (Å²) in [5.74, 6) is 1.38. The number of ether oxygens (including phenoxy) is 1. The van der Waals surface area contributed by atoms with Crippen LogP contribution in [0.1, 0.15) is 17.3 Å². The summed E-state index contributed by atoms with van der Waals surface area (Å²) >= 11 is 0. The van der Waals surface area contributed by atoms with Crippen molar-refractivity contribution in [3.05, 3.63) is 78.4 Å². The van der Waals surface area contributed by atoms with Crippen molar-refractivity contribution in [3.8, 4) is 0 Å². The molecule has 2 saturated heterocycles. The van der Waals surface area contributed by atoms with E-state index >= 15 is 0 Å². The topological polar surface area (TPSA) is 103 Å². The van der Waals surface area contributed by atoms with Crippen LogP contribution in [0.3, 0.4) is 0 Å². The molecule has 210 valence electrons. The molecule has 0 atom stereocenters. The second kappa shape index (κ2) is 11.8. The molecule has 0 radical (unpaired) electrons. The van der Waals surface area contributed by atoms with Crippen molar-refractivity contribution in [2.45, 2.75) is 6.92 Å². The van der Waals surface area contributed by atoms with Crippen LogP contribution in [0.4, 0.5) is 33.6 Å². The van der Waals surface area contributed by atoms with Gasteiger partial charge in [0.25, 0.3) is 0 Å². The SMILES string of the molecule is CC(=O)c1ccc(NC(=O)N2CCN(c3nc(Nc4ccccc4N4CCOCC4)nc4ccccc34)CC2)cc1. The molecule has 0 spiro atoms. The summed E-state index contributed by atoms with van der Waals surface area (Å²) in [6, 6.07) is 23.0. The number of rotatable bonds is 6. The molecule has 2 N–H and O–H groups in total. The van der Waals surface area contributed by atoms with Crippen molar-refractivity contribution >= 4 is 51.5 Å². The van der Waals surface area contributed by atoms with Gasteiger partial charge in [0.15, 0.2) is 5.78 Å². The zero-order valence-corrected chi connectivity index (χ0v) is 23.0. The predicted molar refractivity (Wildman–Crippen MR) is 162 cm³/mol. The molecule has 41 heavy (non-hydrogen) atoms. The first-order valence-corrected chi connectivity index (χ1v) is 13.9. The lowest BCUT2D eigenvalue weighted by Crippen LogP contribution is -2.50. The van der Waals surface area contributed by atoms with Gasteiger partial charge in [-0.3, -0.25) is 4.79 Å². The average molecular weight is 552 g/mol. The maximum atomic E-state index is 12.9. The third-order valence-corrected chi connectivity index (χ3v) is 7.49. The number of carbonyl (C=O) groups excluding carboxylic acids is 2. The highest BCUT2D eigenvalue weighted by atomic mass is 16.5. The zero-order valence-electron chi connectivity index (χ0n) is 23.0. The van der Waals surface area contributed by atoms with Crippen molar-refractivity contribution in [1.29, 1.82) is 0 Å². The summed E-state index contributed by atoms with van der Waals surface area (Å²) in [6.45, 7) is 7.01. The van der Waals surface area contributed by atoms with Gasteiger partial charge in [-0.15, -0.1) is 0 Å². The minimum atomic E-state index is -0.158. The van der Waals surface area contributed by atoms with Crippen molar-refractivity contribution in [2.75, 3.05) is 72.9 Å². The fourth-order valence-electron chi connectivity index (χ4n) is 5.25. The highest BCUT2D eigenvalue weighted by Gasteiger charge is 2.24. The number of hydrogen-bond donors (Lipinski definition) is 2. The average Bonchev–Trinajstić information content (AvgIpc) is 3.02. The third-order valence-electron chi connectivity index (χ3n) is 7.49. The number of para-hydroxylation sites is 3. The molecule has 10 heteroatoms. The van der Waals surface area contributed by atoms with Crippen LogP contribution in [0.5, 0.6) is 0 Å². The first kappa shape index (κ1) is 26.5. The number of nitrogens with one attached hydrogen (secondary N) is 2. The van der Waals surface area contributed by atoms with Gasteiger partial charge < -0.3 is 30.1 Å². The quantitative estimate of drug-likeness (QED) is 0.331. The molecule has 6 rings (SSSR count). The van der Waals surface area contributed by atoms with E-state index in [-0.39, 0.29) is 11.8 Å². The summed E-state index contributed by atoms with van der Waals surface area (Å²) in [4.78, 5) is 40.6. The van der Waals surface area contributed by atoms with E-state index in [1.165, 1.54) is 6.92 Å². The number of morpholine rings is 1. The van der Waals surface area contributed by atoms with Crippen LogP contribution in [-0.2, 0) is 4.74 Å². The first-order chi connectivity index (χ1) is 20.0. The van der Waals surface area contributed by atoms with E-state index in [2.05, 4.69) is 26.5 Å². The van der Waals surface area contributed by atoms with Crippen LogP contribution in [0, 0.1) is 0 Å². The summed E-state index contributed by atoms with van der Waals surface area (Å²) in [5.41, 5.74) is 4.19. The maximum Gasteiger partial charge on any atom is 0.321 e. The number of hydrogen-bond acceptors (Lipinski definition) is 8. The largest absolute Gasteiger partial charge is 0.378 e. The summed E-state index contributed by atoms with van der Waals surface area (Å²) < 4.78 is 5.54. The minimum Gasteiger partial charge on any atom is -0.378 e. The molecular formula is C31H33N7O3. The van der Waals surface area contributed by atoms with E-state index in [9.17, 15) is 9.59 Å². The molecule has 10 nitrogen and oxygen atoms in total. The lowest BCUT2D eigenvalue weighted by Gasteiger charge is -2.36. The normalized spacial score (nSPS) is 15.6. The van der Waals surface area contributed by atoms with Gasteiger partial charge in [0.05, 0.1) is 30.1 Å². The molecule has 2 aliphatic heterocycles. The highest BCUT2D eigenvalue weighted by molar-refractivity contribution is 5.95. The van der Waals surface area contributed by atoms with E-state index in [1.54, 1.807) is 29.2 Å². The number of aromatic nitrogens is 2. The molecular weight excluding hydrogens is 518 g/mol. The lowest BCUT2D eigenvalue weighted by molar-refractivity contribution is 0.101. The van der Waals surface area contributed by atoms with Crippen LogP contribution in [-0.4, -0.2) is 79.2 Å². The van der Waals surface area contributed by atoms with Gasteiger partial charge >= 0.3 is 6.03 Å². The molecule has 0 aliphatic carbocycles. The monoisotopic (exact) mass is 551 g/mol. The Balaban J connectivity index is 1.18. The summed E-state index contributed by atoms with van der Waals surface area (Å²) in [6.07, 6.45) is 0. The number of amides is 2. The van der Waals surface area contributed by atoms with Gasteiger partial charge in [0.1, 0.15) is 5.82 Å². The van der Waals surface area contributed by atoms with Crippen LogP contribution in [0.2, 0.25) is 0 Å². The Morgan fingerprint density at radius 3 is 2.24 bits per heavy atom. The Labute approximate surface area is 238 Å². The molecule has 4 aromatic rings. The van der Waals surface area contributed by atoms with Gasteiger partial charge in [0, 0.05) is 55.9 Å². The zero-order chi connectivity index (χ0) is 28.2. The smallest absolute Gasteiger partial charge is 0.321 e. The Bertz CT molecular complexity index is 1550. The fraction of sp³-hybridized carbons (Fsp3) is 0.290. The van der Waals surface area contributed by atoms with Crippen molar-refractivity contribution < 1.29 is 14.3 Å². The highest BCUT2D eigenvalue weighted by Crippen LogP contribution is 2.31. The number of ketones is 1. The van der Waals surface area contributed by atoms with Crippen molar-refractivity contribution in [2.24, 2.45) is 0 Å². The molecule has 2 aliphatic rings. The van der Waals surface area contributed by atoms with E-state index in [4.69, 9.17) is 14.7 Å². The lowest BCUT2D eigenvalue weighted by atomic mass is 10.1. The summed E-state index contributed by atoms with van der Waals surface area (Å²) in [5, 5.41) is 7.40. The van der Waals surface area contributed by atoms with Gasteiger partial charge in [-0.05, 0) is 55.5 Å². The van der Waals surface area contributed by atoms with Crippen LogP contribution in [0.25, 0.3) is 10.9 Å². The van der Waals surface area contributed by atoms with E-state index < -0.39 is 0 Å². The molecule has 0 unspecified atom stereocenters. The predicted octanol–water partition coefficient (Wildman–Crippen LogP) is 4.77. The second-order valence-electron chi connectivity index (χ2n) is 10.2. The number of urea groups is 1. The molecule has 1 aromatic heterocycles. The Morgan fingerprint density at radius 1 is 0.780 bits per heavy atom. The molecule has 2 fully saturated rings. The van der Waals surface area contributed by atoms with Gasteiger partial charge in [0.2, 0.25) is 5.95 Å². The Kier molecular flexibility index (Phi) is 7.64. The van der Waals surface area contributed by atoms with Crippen molar-refractivity contribution in [1.82, 2.24) is 14.9 Å². The number of nitrogens with zero attached hydrogens (tertiary/aromatic N) is 5. The standard InChI is InChI=1S/C31H33N7O3/c1-22(39)23-10-12-24(13-11-23)32-31(40)38-16-14-37(15-17-38)29-25-6-2-3-7-26(25)33-30(35-29)34-27-8-4-5-9-28(27)36-18-20-41-21-19-36/h2-13H,14-21H2,1H3,(H,32,40)(H,33,34,35). The first-order valence-electron chi connectivity index (χ1n) is 13.9. The van der Waals surface area contributed by atoms with E-state index in [1.807, 2.05) is 42.5 Å². The van der Waals surface area contributed by atoms with E-state index in [0.717, 1.165) is 41.2 Å². The van der Waals surface area contributed by atoms with Crippen molar-refractivity contribution in [3.63, 3.8) is 0 Å². The Hall–Kier alpha value is -4.70. The molecule has 0 bridgehead atoms. The second-order valence-corrected chi connectivity index (χ2v) is 10.2. The van der Waals surface area contributed by atoms with Gasteiger partial charge in [-0.25, -0.2) is 9.78 Å². The number of carbonyl (C=O) groups is 2. The van der Waals surface area contributed by atoms with Crippen LogP contribution >= 0.6 is 0 Å². The molecule has 0 saturated carbocycles. The number of piperazine rings is 1.